The summed E-state index contributed by atoms with van der Waals surface area (Å²) < 4.78 is 5.50. The summed E-state index contributed by atoms with van der Waals surface area (Å²) in [6, 6.07) is 7.37. The lowest BCUT2D eigenvalue weighted by Gasteiger charge is -2.26. The second kappa shape index (κ2) is 5.64. The average Bonchev–Trinajstić information content (AvgIpc) is 2.29. The Morgan fingerprint density at radius 2 is 2.29 bits per heavy atom. The number of aryl methyl sites for hydroxylation is 1. The van der Waals surface area contributed by atoms with E-state index in [0.29, 0.717) is 18.6 Å². The van der Waals surface area contributed by atoms with E-state index < -0.39 is 11.6 Å². The molecule has 0 aliphatic carbocycles. The lowest BCUT2D eigenvalue weighted by molar-refractivity contribution is -0.165. The van der Waals surface area contributed by atoms with E-state index in [0.717, 1.165) is 5.56 Å². The van der Waals surface area contributed by atoms with Gasteiger partial charge in [-0.25, -0.2) is 4.79 Å². The Morgan fingerprint density at radius 3 is 2.82 bits per heavy atom. The minimum absolute atomic E-state index is 0.347. The van der Waals surface area contributed by atoms with E-state index in [1.165, 1.54) is 0 Å². The zero-order chi connectivity index (χ0) is 12.9. The summed E-state index contributed by atoms with van der Waals surface area (Å²) in [5.41, 5.74) is 0.381. The van der Waals surface area contributed by atoms with Crippen molar-refractivity contribution in [3.05, 3.63) is 48.0 Å². The van der Waals surface area contributed by atoms with Crippen LogP contribution in [-0.4, -0.2) is 17.7 Å². The van der Waals surface area contributed by atoms with Crippen LogP contribution in [0.3, 0.4) is 0 Å². The van der Waals surface area contributed by atoms with Crippen LogP contribution in [-0.2, 0) is 15.1 Å². The predicted octanol–water partition coefficient (Wildman–Crippen LogP) is 2.89. The first-order valence-electron chi connectivity index (χ1n) is 5.56. The molecule has 0 aliphatic heterocycles. The van der Waals surface area contributed by atoms with Crippen molar-refractivity contribution in [3.8, 4) is 0 Å². The Hall–Kier alpha value is -1.61. The lowest BCUT2D eigenvalue weighted by atomic mass is 9.94. The summed E-state index contributed by atoms with van der Waals surface area (Å²) in [6.07, 6.45) is 2.34. The van der Waals surface area contributed by atoms with Crippen LogP contribution in [0.25, 0.3) is 0 Å². The summed E-state index contributed by atoms with van der Waals surface area (Å²) in [5.74, 6) is -0.979. The van der Waals surface area contributed by atoms with Crippen LogP contribution in [0.2, 0.25) is 0 Å². The number of carboxylic acid groups (broad SMARTS) is 1. The van der Waals surface area contributed by atoms with Gasteiger partial charge in [0.2, 0.25) is 0 Å². The van der Waals surface area contributed by atoms with Crippen molar-refractivity contribution >= 4 is 5.97 Å². The van der Waals surface area contributed by atoms with Crippen LogP contribution in [0, 0.1) is 6.92 Å². The number of rotatable bonds is 6. The van der Waals surface area contributed by atoms with Gasteiger partial charge in [0.25, 0.3) is 0 Å². The van der Waals surface area contributed by atoms with Gasteiger partial charge in [0.1, 0.15) is 0 Å². The van der Waals surface area contributed by atoms with Gasteiger partial charge < -0.3 is 9.84 Å². The molecule has 0 heterocycles. The number of ether oxygens (including phenoxy) is 1. The molecule has 0 radical (unpaired) electrons. The molecule has 17 heavy (non-hydrogen) atoms. The molecule has 1 atom stereocenters. The monoisotopic (exact) mass is 234 g/mol. The molecule has 3 heteroatoms. The molecule has 0 bridgehead atoms. The maximum absolute atomic E-state index is 11.4. The van der Waals surface area contributed by atoms with Crippen molar-refractivity contribution in [3.63, 3.8) is 0 Å². The summed E-state index contributed by atoms with van der Waals surface area (Å²) in [4.78, 5) is 11.4. The maximum Gasteiger partial charge on any atom is 0.340 e. The van der Waals surface area contributed by atoms with Gasteiger partial charge in [-0.2, -0.15) is 0 Å². The number of carboxylic acids is 1. The third-order valence-corrected chi connectivity index (χ3v) is 2.69. The summed E-state index contributed by atoms with van der Waals surface area (Å²) in [7, 11) is 0. The Kier molecular flexibility index (Phi) is 4.46. The van der Waals surface area contributed by atoms with Crippen molar-refractivity contribution in [1.82, 2.24) is 0 Å². The van der Waals surface area contributed by atoms with Gasteiger partial charge >= 0.3 is 5.97 Å². The fourth-order valence-corrected chi connectivity index (χ4v) is 1.56. The zero-order valence-electron chi connectivity index (χ0n) is 10.3. The van der Waals surface area contributed by atoms with E-state index in [1.807, 2.05) is 25.1 Å². The van der Waals surface area contributed by atoms with Crippen LogP contribution >= 0.6 is 0 Å². The third-order valence-electron chi connectivity index (χ3n) is 2.69. The molecule has 0 spiro atoms. The highest BCUT2D eigenvalue weighted by molar-refractivity contribution is 5.79. The molecule has 0 aliphatic rings. The largest absolute Gasteiger partial charge is 0.479 e. The normalized spacial score (nSPS) is 14.0. The molecule has 1 aromatic rings. The van der Waals surface area contributed by atoms with Gasteiger partial charge in [0.15, 0.2) is 5.60 Å². The second-order valence-corrected chi connectivity index (χ2v) is 4.13. The molecule has 3 nitrogen and oxygen atoms in total. The number of hydrogen-bond acceptors (Lipinski definition) is 2. The van der Waals surface area contributed by atoms with Crippen LogP contribution in [0.5, 0.6) is 0 Å². The summed E-state index contributed by atoms with van der Waals surface area (Å²) in [6.45, 7) is 7.43. The van der Waals surface area contributed by atoms with Crippen molar-refractivity contribution in [2.75, 3.05) is 6.61 Å². The molecule has 1 unspecified atom stereocenters. The highest BCUT2D eigenvalue weighted by atomic mass is 16.5. The molecule has 0 fully saturated rings. The molecule has 0 aromatic heterocycles. The van der Waals surface area contributed by atoms with Crippen molar-refractivity contribution in [1.29, 1.82) is 0 Å². The van der Waals surface area contributed by atoms with Crippen molar-refractivity contribution in [2.24, 2.45) is 0 Å². The van der Waals surface area contributed by atoms with Crippen molar-refractivity contribution < 1.29 is 14.6 Å². The molecular weight excluding hydrogens is 216 g/mol. The molecule has 0 saturated heterocycles. The van der Waals surface area contributed by atoms with Gasteiger partial charge in [0.05, 0.1) is 6.61 Å². The Balaban J connectivity index is 2.98. The predicted molar refractivity (Wildman–Crippen MR) is 66.9 cm³/mol. The SMILES string of the molecule is C=CCCOC(C)(C(=O)O)c1cccc(C)c1. The first-order chi connectivity index (χ1) is 8.00. The maximum atomic E-state index is 11.4. The van der Waals surface area contributed by atoms with Gasteiger partial charge in [-0.3, -0.25) is 0 Å². The van der Waals surface area contributed by atoms with E-state index in [9.17, 15) is 9.90 Å². The minimum atomic E-state index is -1.30. The highest BCUT2D eigenvalue weighted by Crippen LogP contribution is 2.26. The van der Waals surface area contributed by atoms with E-state index in [2.05, 4.69) is 6.58 Å². The van der Waals surface area contributed by atoms with Crippen LogP contribution < -0.4 is 0 Å². The average molecular weight is 234 g/mol. The quantitative estimate of drug-likeness (QED) is 0.608. The number of carbonyl (C=O) groups is 1. The van der Waals surface area contributed by atoms with Crippen LogP contribution in [0.1, 0.15) is 24.5 Å². The fourth-order valence-electron chi connectivity index (χ4n) is 1.56. The molecule has 1 rings (SSSR count). The number of aliphatic carboxylic acids is 1. The van der Waals surface area contributed by atoms with Crippen molar-refractivity contribution in [2.45, 2.75) is 25.9 Å². The first kappa shape index (κ1) is 13.5. The molecular formula is C14H18O3. The van der Waals surface area contributed by atoms with E-state index in [-0.39, 0.29) is 0 Å². The Bertz CT molecular complexity index is 412. The molecule has 0 amide bonds. The van der Waals surface area contributed by atoms with Crippen LogP contribution in [0.15, 0.2) is 36.9 Å². The fraction of sp³-hybridized carbons (Fsp3) is 0.357. The third kappa shape index (κ3) is 3.17. The first-order valence-corrected chi connectivity index (χ1v) is 5.56. The van der Waals surface area contributed by atoms with E-state index in [4.69, 9.17) is 4.74 Å². The standard InChI is InChI=1S/C14H18O3/c1-4-5-9-17-14(3,13(15)16)12-8-6-7-11(2)10-12/h4,6-8,10H,1,5,9H2,2-3H3,(H,15,16). The van der Waals surface area contributed by atoms with E-state index in [1.54, 1.807) is 19.1 Å². The topological polar surface area (TPSA) is 46.5 Å². The highest BCUT2D eigenvalue weighted by Gasteiger charge is 2.36. The molecule has 1 aromatic carbocycles. The number of hydrogen-bond donors (Lipinski definition) is 1. The zero-order valence-corrected chi connectivity index (χ0v) is 10.3. The van der Waals surface area contributed by atoms with Gasteiger partial charge in [0, 0.05) is 0 Å². The lowest BCUT2D eigenvalue weighted by Crippen LogP contribution is -2.35. The minimum Gasteiger partial charge on any atom is -0.479 e. The summed E-state index contributed by atoms with van der Waals surface area (Å²) >= 11 is 0. The Labute approximate surface area is 102 Å². The molecule has 1 N–H and O–H groups in total. The van der Waals surface area contributed by atoms with Crippen LogP contribution in [0.4, 0.5) is 0 Å². The molecule has 0 saturated carbocycles. The molecule has 92 valence electrons. The smallest absolute Gasteiger partial charge is 0.340 e. The van der Waals surface area contributed by atoms with Gasteiger partial charge in [-0.05, 0) is 25.8 Å². The second-order valence-electron chi connectivity index (χ2n) is 4.13. The summed E-state index contributed by atoms with van der Waals surface area (Å²) in [5, 5.41) is 9.33. The van der Waals surface area contributed by atoms with E-state index >= 15 is 0 Å². The number of benzene rings is 1. The van der Waals surface area contributed by atoms with Gasteiger partial charge in [-0.15, -0.1) is 6.58 Å². The van der Waals surface area contributed by atoms with Gasteiger partial charge in [-0.1, -0.05) is 35.9 Å². The Morgan fingerprint density at radius 1 is 1.59 bits per heavy atom.